The van der Waals surface area contributed by atoms with Gasteiger partial charge in [-0.25, -0.2) is 9.78 Å². The fraction of sp³-hybridized carbons (Fsp3) is 0.583. The number of nitrogens with zero attached hydrogens (tertiary/aromatic N) is 1. The molecule has 1 aromatic heterocycles. The first-order chi connectivity index (χ1) is 8.90. The third-order valence-electron chi connectivity index (χ3n) is 2.62. The first-order valence-electron chi connectivity index (χ1n) is 6.13. The molecule has 7 heteroatoms. The first kappa shape index (κ1) is 15.4. The Morgan fingerprint density at radius 1 is 1.42 bits per heavy atom. The molecule has 0 saturated heterocycles. The number of hydrogen-bond acceptors (Lipinski definition) is 4. The van der Waals surface area contributed by atoms with E-state index in [4.69, 9.17) is 5.11 Å². The van der Waals surface area contributed by atoms with Crippen LogP contribution in [0, 0.1) is 5.92 Å². The SMILES string of the molecule is CC(CCNC(=O)Nc1nc(C(C)C)cs1)C(=O)O. The molecule has 0 aliphatic carbocycles. The molecule has 6 nitrogen and oxygen atoms in total. The lowest BCUT2D eigenvalue weighted by molar-refractivity contribution is -0.141. The van der Waals surface area contributed by atoms with E-state index in [-0.39, 0.29) is 6.03 Å². The molecule has 1 rings (SSSR count). The zero-order valence-electron chi connectivity index (χ0n) is 11.3. The van der Waals surface area contributed by atoms with Crippen molar-refractivity contribution in [1.29, 1.82) is 0 Å². The topological polar surface area (TPSA) is 91.3 Å². The second kappa shape index (κ2) is 7.08. The molecule has 1 aromatic rings. The van der Waals surface area contributed by atoms with Crippen LogP contribution in [0.25, 0.3) is 0 Å². The Labute approximate surface area is 116 Å². The van der Waals surface area contributed by atoms with E-state index in [9.17, 15) is 9.59 Å². The Morgan fingerprint density at radius 3 is 2.63 bits per heavy atom. The molecular weight excluding hydrogens is 266 g/mol. The summed E-state index contributed by atoms with van der Waals surface area (Å²) in [6.45, 7) is 6.00. The Morgan fingerprint density at radius 2 is 2.11 bits per heavy atom. The van der Waals surface area contributed by atoms with E-state index in [1.54, 1.807) is 6.92 Å². The number of carbonyl (C=O) groups excluding carboxylic acids is 1. The van der Waals surface area contributed by atoms with Crippen LogP contribution in [-0.4, -0.2) is 28.6 Å². The molecule has 1 atom stereocenters. The van der Waals surface area contributed by atoms with Crippen LogP contribution in [0.2, 0.25) is 0 Å². The minimum absolute atomic E-state index is 0.321. The van der Waals surface area contributed by atoms with E-state index in [2.05, 4.69) is 15.6 Å². The smallest absolute Gasteiger partial charge is 0.321 e. The Kier molecular flexibility index (Phi) is 5.75. The molecule has 0 saturated carbocycles. The summed E-state index contributed by atoms with van der Waals surface area (Å²) in [7, 11) is 0. The predicted molar refractivity (Wildman–Crippen MR) is 74.6 cm³/mol. The van der Waals surface area contributed by atoms with E-state index in [1.165, 1.54) is 11.3 Å². The highest BCUT2D eigenvalue weighted by Gasteiger charge is 2.12. The van der Waals surface area contributed by atoms with Crippen molar-refractivity contribution in [3.8, 4) is 0 Å². The fourth-order valence-electron chi connectivity index (χ4n) is 1.28. The summed E-state index contributed by atoms with van der Waals surface area (Å²) in [5.74, 6) is -0.998. The quantitative estimate of drug-likeness (QED) is 0.749. The molecule has 0 fully saturated rings. The van der Waals surface area contributed by atoms with Crippen molar-refractivity contribution >= 4 is 28.5 Å². The fourth-order valence-corrected chi connectivity index (χ4v) is 2.14. The Bertz CT molecular complexity index is 445. The number of hydrogen-bond donors (Lipinski definition) is 3. The molecule has 19 heavy (non-hydrogen) atoms. The van der Waals surface area contributed by atoms with Gasteiger partial charge in [-0.1, -0.05) is 20.8 Å². The van der Waals surface area contributed by atoms with E-state index >= 15 is 0 Å². The van der Waals surface area contributed by atoms with Gasteiger partial charge in [-0.15, -0.1) is 11.3 Å². The molecule has 0 bridgehead atoms. The molecule has 106 valence electrons. The third-order valence-corrected chi connectivity index (χ3v) is 3.39. The summed E-state index contributed by atoms with van der Waals surface area (Å²) < 4.78 is 0. The Balaban J connectivity index is 2.32. The zero-order chi connectivity index (χ0) is 14.4. The summed E-state index contributed by atoms with van der Waals surface area (Å²) in [5, 5.41) is 16.4. The lowest BCUT2D eigenvalue weighted by Crippen LogP contribution is -2.31. The zero-order valence-corrected chi connectivity index (χ0v) is 12.1. The van der Waals surface area contributed by atoms with Gasteiger partial charge < -0.3 is 10.4 Å². The van der Waals surface area contributed by atoms with Crippen LogP contribution in [0.3, 0.4) is 0 Å². The monoisotopic (exact) mass is 285 g/mol. The van der Waals surface area contributed by atoms with Crippen molar-refractivity contribution in [2.45, 2.75) is 33.1 Å². The van der Waals surface area contributed by atoms with Crippen LogP contribution >= 0.6 is 11.3 Å². The standard InChI is InChI=1S/C12H19N3O3S/c1-7(2)9-6-19-12(14-9)15-11(18)13-5-4-8(3)10(16)17/h6-8H,4-5H2,1-3H3,(H,16,17)(H2,13,14,15,18). The molecule has 0 aliphatic rings. The number of carbonyl (C=O) groups is 2. The molecule has 3 N–H and O–H groups in total. The van der Waals surface area contributed by atoms with Crippen molar-refractivity contribution in [2.24, 2.45) is 5.92 Å². The van der Waals surface area contributed by atoms with Crippen LogP contribution < -0.4 is 10.6 Å². The number of carboxylic acid groups (broad SMARTS) is 1. The van der Waals surface area contributed by atoms with Crippen molar-refractivity contribution in [1.82, 2.24) is 10.3 Å². The van der Waals surface area contributed by atoms with E-state index in [1.807, 2.05) is 19.2 Å². The number of urea groups is 1. The van der Waals surface area contributed by atoms with Gasteiger partial charge in [0.1, 0.15) is 0 Å². The van der Waals surface area contributed by atoms with Gasteiger partial charge in [-0.05, 0) is 12.3 Å². The maximum Gasteiger partial charge on any atom is 0.321 e. The summed E-state index contributed by atoms with van der Waals surface area (Å²) >= 11 is 1.37. The van der Waals surface area contributed by atoms with Gasteiger partial charge >= 0.3 is 12.0 Å². The van der Waals surface area contributed by atoms with Crippen LogP contribution in [-0.2, 0) is 4.79 Å². The first-order valence-corrected chi connectivity index (χ1v) is 7.01. The molecule has 1 unspecified atom stereocenters. The highest BCUT2D eigenvalue weighted by molar-refractivity contribution is 7.13. The maximum absolute atomic E-state index is 11.5. The van der Waals surface area contributed by atoms with Crippen LogP contribution in [0.4, 0.5) is 9.93 Å². The molecule has 0 aliphatic heterocycles. The van der Waals surface area contributed by atoms with E-state index < -0.39 is 11.9 Å². The van der Waals surface area contributed by atoms with Crippen LogP contribution in [0.1, 0.15) is 38.8 Å². The summed E-state index contributed by atoms with van der Waals surface area (Å²) in [4.78, 5) is 26.4. The highest BCUT2D eigenvalue weighted by atomic mass is 32.1. The molecular formula is C12H19N3O3S. The van der Waals surface area contributed by atoms with Gasteiger partial charge in [-0.2, -0.15) is 0 Å². The number of nitrogens with one attached hydrogen (secondary N) is 2. The summed E-state index contributed by atoms with van der Waals surface area (Å²) in [5.41, 5.74) is 0.944. The average molecular weight is 285 g/mol. The molecule has 1 heterocycles. The maximum atomic E-state index is 11.5. The minimum Gasteiger partial charge on any atom is -0.481 e. The second-order valence-electron chi connectivity index (χ2n) is 4.64. The normalized spacial score (nSPS) is 12.2. The third kappa shape index (κ3) is 5.25. The summed E-state index contributed by atoms with van der Waals surface area (Å²) in [6, 6.07) is -0.359. The number of aromatic nitrogens is 1. The molecule has 0 aromatic carbocycles. The summed E-state index contributed by atoms with van der Waals surface area (Å²) in [6.07, 6.45) is 0.401. The number of amides is 2. The van der Waals surface area contributed by atoms with E-state index in [0.717, 1.165) is 5.69 Å². The number of thiazole rings is 1. The number of aliphatic carboxylic acids is 1. The number of anilines is 1. The van der Waals surface area contributed by atoms with Gasteiger partial charge in [0.05, 0.1) is 11.6 Å². The largest absolute Gasteiger partial charge is 0.481 e. The average Bonchev–Trinajstić information content (AvgIpc) is 2.77. The van der Waals surface area contributed by atoms with Crippen molar-refractivity contribution in [2.75, 3.05) is 11.9 Å². The van der Waals surface area contributed by atoms with Gasteiger partial charge in [0.25, 0.3) is 0 Å². The van der Waals surface area contributed by atoms with Crippen molar-refractivity contribution in [3.05, 3.63) is 11.1 Å². The van der Waals surface area contributed by atoms with Gasteiger partial charge in [-0.3, -0.25) is 10.1 Å². The molecule has 0 radical (unpaired) electrons. The minimum atomic E-state index is -0.858. The number of carboxylic acids is 1. The van der Waals surface area contributed by atoms with Gasteiger partial charge in [0, 0.05) is 11.9 Å². The molecule has 2 amide bonds. The van der Waals surface area contributed by atoms with Crippen molar-refractivity contribution < 1.29 is 14.7 Å². The molecule has 0 spiro atoms. The predicted octanol–water partition coefficient (Wildman–Crippen LogP) is 2.50. The Hall–Kier alpha value is -1.63. The van der Waals surface area contributed by atoms with Crippen molar-refractivity contribution in [3.63, 3.8) is 0 Å². The number of rotatable bonds is 6. The second-order valence-corrected chi connectivity index (χ2v) is 5.50. The van der Waals surface area contributed by atoms with Gasteiger partial charge in [0.2, 0.25) is 0 Å². The lowest BCUT2D eigenvalue weighted by Gasteiger charge is -2.07. The highest BCUT2D eigenvalue weighted by Crippen LogP contribution is 2.21. The lowest BCUT2D eigenvalue weighted by atomic mass is 10.1. The van der Waals surface area contributed by atoms with E-state index in [0.29, 0.717) is 24.0 Å². The van der Waals surface area contributed by atoms with Crippen LogP contribution in [0.15, 0.2) is 5.38 Å². The van der Waals surface area contributed by atoms with Gasteiger partial charge in [0.15, 0.2) is 5.13 Å². The van der Waals surface area contributed by atoms with Crippen LogP contribution in [0.5, 0.6) is 0 Å².